The Morgan fingerprint density at radius 2 is 2.04 bits per heavy atom. The fourth-order valence-corrected chi connectivity index (χ4v) is 3.51. The van der Waals surface area contributed by atoms with Crippen LogP contribution in [0.4, 0.5) is 0 Å². The standard InChI is InChI=1S/C21H23NO3/c1-4-10-25-21(24)20-13(3)19-17(22-20)11-16(12-18(19)23)15-8-6-14(5-2)7-9-15/h4,6-9,16,22H,1,5,10-12H2,2-3H3. The number of aryl methyl sites for hydroxylation is 1. The summed E-state index contributed by atoms with van der Waals surface area (Å²) < 4.78 is 5.11. The van der Waals surface area contributed by atoms with Crippen molar-refractivity contribution in [2.24, 2.45) is 0 Å². The number of rotatable bonds is 5. The lowest BCUT2D eigenvalue weighted by atomic mass is 9.81. The van der Waals surface area contributed by atoms with Crippen LogP contribution in [0.3, 0.4) is 0 Å². The van der Waals surface area contributed by atoms with E-state index >= 15 is 0 Å². The molecule has 1 atom stereocenters. The third-order valence-electron chi connectivity index (χ3n) is 4.88. The zero-order chi connectivity index (χ0) is 18.0. The molecule has 25 heavy (non-hydrogen) atoms. The number of ketones is 1. The first-order chi connectivity index (χ1) is 12.0. The van der Waals surface area contributed by atoms with Gasteiger partial charge in [0.25, 0.3) is 0 Å². The highest BCUT2D eigenvalue weighted by molar-refractivity contribution is 6.03. The molecule has 130 valence electrons. The van der Waals surface area contributed by atoms with Crippen LogP contribution in [0.2, 0.25) is 0 Å². The van der Waals surface area contributed by atoms with Gasteiger partial charge >= 0.3 is 5.97 Å². The van der Waals surface area contributed by atoms with Gasteiger partial charge < -0.3 is 9.72 Å². The molecule has 1 aliphatic rings. The molecule has 0 fully saturated rings. The minimum atomic E-state index is -0.441. The SMILES string of the molecule is C=CCOC(=O)c1[nH]c2c(c1C)C(=O)CC(c1ccc(CC)cc1)C2. The van der Waals surface area contributed by atoms with Gasteiger partial charge in [0.05, 0.1) is 0 Å². The van der Waals surface area contributed by atoms with Crippen molar-refractivity contribution in [3.05, 3.63) is 70.6 Å². The molecular formula is C21H23NO3. The lowest BCUT2D eigenvalue weighted by Crippen LogP contribution is -2.18. The van der Waals surface area contributed by atoms with Crippen LogP contribution in [0.15, 0.2) is 36.9 Å². The van der Waals surface area contributed by atoms with Crippen molar-refractivity contribution >= 4 is 11.8 Å². The normalized spacial score (nSPS) is 16.4. The monoisotopic (exact) mass is 337 g/mol. The molecule has 0 amide bonds. The van der Waals surface area contributed by atoms with Crippen molar-refractivity contribution in [3.63, 3.8) is 0 Å². The molecule has 0 saturated carbocycles. The van der Waals surface area contributed by atoms with Gasteiger partial charge in [-0.3, -0.25) is 4.79 Å². The number of aromatic amines is 1. The summed E-state index contributed by atoms with van der Waals surface area (Å²) in [6.45, 7) is 7.62. The highest BCUT2D eigenvalue weighted by atomic mass is 16.5. The summed E-state index contributed by atoms with van der Waals surface area (Å²) in [6, 6.07) is 8.45. The maximum atomic E-state index is 12.7. The predicted molar refractivity (Wildman–Crippen MR) is 97.2 cm³/mol. The molecule has 0 spiro atoms. The summed E-state index contributed by atoms with van der Waals surface area (Å²) in [5.41, 5.74) is 5.01. The number of fused-ring (bicyclic) bond motifs is 1. The summed E-state index contributed by atoms with van der Waals surface area (Å²) in [6.07, 6.45) is 3.72. The van der Waals surface area contributed by atoms with Crippen LogP contribution >= 0.6 is 0 Å². The maximum Gasteiger partial charge on any atom is 0.355 e. The van der Waals surface area contributed by atoms with Crippen LogP contribution < -0.4 is 0 Å². The Hall–Kier alpha value is -2.62. The van der Waals surface area contributed by atoms with Crippen molar-refractivity contribution in [1.29, 1.82) is 0 Å². The fourth-order valence-electron chi connectivity index (χ4n) is 3.51. The number of esters is 1. The fraction of sp³-hybridized carbons (Fsp3) is 0.333. The molecule has 1 unspecified atom stereocenters. The van der Waals surface area contributed by atoms with E-state index in [4.69, 9.17) is 4.74 Å². The van der Waals surface area contributed by atoms with Gasteiger partial charge in [0, 0.05) is 17.7 Å². The third kappa shape index (κ3) is 3.29. The second-order valence-corrected chi connectivity index (χ2v) is 6.49. The van der Waals surface area contributed by atoms with E-state index in [2.05, 4.69) is 42.8 Å². The van der Waals surface area contributed by atoms with E-state index in [9.17, 15) is 9.59 Å². The molecule has 0 saturated heterocycles. The minimum Gasteiger partial charge on any atom is -0.457 e. The number of hydrogen-bond donors (Lipinski definition) is 1. The molecule has 1 aromatic carbocycles. The molecule has 1 N–H and O–H groups in total. The van der Waals surface area contributed by atoms with Crippen LogP contribution in [-0.4, -0.2) is 23.3 Å². The lowest BCUT2D eigenvalue weighted by Gasteiger charge is -2.22. The van der Waals surface area contributed by atoms with Gasteiger partial charge in [-0.2, -0.15) is 0 Å². The van der Waals surface area contributed by atoms with Gasteiger partial charge in [-0.15, -0.1) is 0 Å². The maximum absolute atomic E-state index is 12.7. The van der Waals surface area contributed by atoms with Gasteiger partial charge in [0.2, 0.25) is 0 Å². The first-order valence-corrected chi connectivity index (χ1v) is 8.66. The molecular weight excluding hydrogens is 314 g/mol. The molecule has 2 aromatic rings. The number of ether oxygens (including phenoxy) is 1. The Balaban J connectivity index is 1.88. The van der Waals surface area contributed by atoms with E-state index in [1.54, 1.807) is 6.92 Å². The second kappa shape index (κ2) is 7.09. The first kappa shape index (κ1) is 17.2. The van der Waals surface area contributed by atoms with E-state index in [0.29, 0.717) is 23.2 Å². The number of aromatic nitrogens is 1. The Morgan fingerprint density at radius 1 is 1.32 bits per heavy atom. The van der Waals surface area contributed by atoms with Crippen LogP contribution in [0.5, 0.6) is 0 Å². The van der Waals surface area contributed by atoms with Crippen LogP contribution in [0.1, 0.15) is 62.5 Å². The highest BCUT2D eigenvalue weighted by Crippen LogP contribution is 2.35. The molecule has 4 heteroatoms. The van der Waals surface area contributed by atoms with E-state index < -0.39 is 5.97 Å². The van der Waals surface area contributed by atoms with E-state index in [1.807, 2.05) is 0 Å². The molecule has 4 nitrogen and oxygen atoms in total. The predicted octanol–water partition coefficient (Wildman–Crippen LogP) is 4.14. The number of carbonyl (C=O) groups excluding carboxylic acids is 2. The summed E-state index contributed by atoms with van der Waals surface area (Å²) >= 11 is 0. The van der Waals surface area contributed by atoms with Crippen LogP contribution in [0, 0.1) is 6.92 Å². The van der Waals surface area contributed by atoms with Gasteiger partial charge in [0.1, 0.15) is 12.3 Å². The van der Waals surface area contributed by atoms with E-state index in [0.717, 1.165) is 18.5 Å². The van der Waals surface area contributed by atoms with E-state index in [1.165, 1.54) is 17.2 Å². The average molecular weight is 337 g/mol. The van der Waals surface area contributed by atoms with E-state index in [-0.39, 0.29) is 18.3 Å². The third-order valence-corrected chi connectivity index (χ3v) is 4.88. The van der Waals surface area contributed by atoms with Crippen molar-refractivity contribution in [3.8, 4) is 0 Å². The summed E-state index contributed by atoms with van der Waals surface area (Å²) in [4.78, 5) is 28.0. The van der Waals surface area contributed by atoms with Crippen molar-refractivity contribution in [2.45, 2.75) is 39.0 Å². The molecule has 0 bridgehead atoms. The molecule has 1 aliphatic carbocycles. The lowest BCUT2D eigenvalue weighted by molar-refractivity contribution is 0.0542. The first-order valence-electron chi connectivity index (χ1n) is 8.66. The second-order valence-electron chi connectivity index (χ2n) is 6.49. The van der Waals surface area contributed by atoms with Gasteiger partial charge in [-0.05, 0) is 42.4 Å². The number of H-pyrrole nitrogens is 1. The number of nitrogens with one attached hydrogen (secondary N) is 1. The van der Waals surface area contributed by atoms with Crippen LogP contribution in [0.25, 0.3) is 0 Å². The smallest absolute Gasteiger partial charge is 0.355 e. The molecule has 0 aliphatic heterocycles. The Bertz CT molecular complexity index is 814. The summed E-state index contributed by atoms with van der Waals surface area (Å²) in [5, 5.41) is 0. The van der Waals surface area contributed by atoms with Crippen molar-refractivity contribution in [1.82, 2.24) is 4.98 Å². The number of Topliss-reactive ketones (excluding diaryl/α,β-unsaturated/α-hetero) is 1. The molecule has 3 rings (SSSR count). The molecule has 1 heterocycles. The van der Waals surface area contributed by atoms with Crippen molar-refractivity contribution < 1.29 is 14.3 Å². The average Bonchev–Trinajstić information content (AvgIpc) is 2.97. The summed E-state index contributed by atoms with van der Waals surface area (Å²) in [7, 11) is 0. The summed E-state index contributed by atoms with van der Waals surface area (Å²) in [5.74, 6) is -0.216. The quantitative estimate of drug-likeness (QED) is 0.659. The molecule has 0 radical (unpaired) electrons. The Labute approximate surface area is 147 Å². The Kier molecular flexibility index (Phi) is 4.88. The number of hydrogen-bond acceptors (Lipinski definition) is 3. The minimum absolute atomic E-state index is 0.0855. The van der Waals surface area contributed by atoms with Gasteiger partial charge in [0.15, 0.2) is 5.78 Å². The largest absolute Gasteiger partial charge is 0.457 e. The Morgan fingerprint density at radius 3 is 2.68 bits per heavy atom. The van der Waals surface area contributed by atoms with Crippen molar-refractivity contribution in [2.75, 3.05) is 6.61 Å². The van der Waals surface area contributed by atoms with Gasteiger partial charge in [-0.25, -0.2) is 4.79 Å². The zero-order valence-electron chi connectivity index (χ0n) is 14.7. The molecule has 1 aromatic heterocycles. The number of carbonyl (C=O) groups is 2. The zero-order valence-corrected chi connectivity index (χ0v) is 14.7. The van der Waals surface area contributed by atoms with Gasteiger partial charge in [-0.1, -0.05) is 43.8 Å². The number of benzene rings is 1. The van der Waals surface area contributed by atoms with Crippen LogP contribution in [-0.2, 0) is 17.6 Å². The highest BCUT2D eigenvalue weighted by Gasteiger charge is 2.32. The topological polar surface area (TPSA) is 59.2 Å².